The Hall–Kier alpha value is -3.02. The van der Waals surface area contributed by atoms with Crippen LogP contribution in [0.1, 0.15) is 71.0 Å². The highest BCUT2D eigenvalue weighted by Crippen LogP contribution is 2.60. The van der Waals surface area contributed by atoms with Gasteiger partial charge in [0.1, 0.15) is 17.7 Å². The molecule has 1 aromatic carbocycles. The molecule has 0 saturated carbocycles. The van der Waals surface area contributed by atoms with Gasteiger partial charge >= 0.3 is 5.97 Å². The zero-order chi connectivity index (χ0) is 34.5. The molecule has 258 valence electrons. The molecule has 47 heavy (non-hydrogen) atoms. The van der Waals surface area contributed by atoms with Gasteiger partial charge in [0.15, 0.2) is 0 Å². The number of aliphatic hydroxyl groups excluding tert-OH is 1. The molecule has 3 aliphatic heterocycles. The van der Waals surface area contributed by atoms with Crippen LogP contribution >= 0.6 is 15.9 Å². The Morgan fingerprint density at radius 3 is 2.53 bits per heavy atom. The standard InChI is InChI=1S/C36H50BrN3O7/c1-7-10-18-27(42)38(6)24(5)30(25-16-12-11-13-17-25)46-35(45)28-29-33(43)40(20-14-21-41)32(36(29)22-26(37)31(28)47-36)34(44)39(19-9-3)23(4)15-8-2/h7,9,11-13,16-17,23-24,26,28-32,41H,1,3,8,10,14-15,18-22H2,2,4-6H3/t23?,24-,26?,28-,29+,30+,31-,32-,36+/m0/s1. The number of alkyl halides is 1. The number of carbonyl (C=O) groups is 4. The molecule has 0 radical (unpaired) electrons. The van der Waals surface area contributed by atoms with Gasteiger partial charge in [-0.2, -0.15) is 0 Å². The number of rotatable bonds is 17. The van der Waals surface area contributed by atoms with E-state index in [0.29, 0.717) is 24.9 Å². The monoisotopic (exact) mass is 715 g/mol. The van der Waals surface area contributed by atoms with Crippen molar-refractivity contribution in [3.63, 3.8) is 0 Å². The Morgan fingerprint density at radius 1 is 1.21 bits per heavy atom. The number of likely N-dealkylation sites (tertiary alicyclic amines) is 1. The molecular weight excluding hydrogens is 666 g/mol. The molecule has 2 unspecified atom stereocenters. The molecule has 1 N–H and O–H groups in total. The topological polar surface area (TPSA) is 117 Å². The van der Waals surface area contributed by atoms with Crippen molar-refractivity contribution in [3.8, 4) is 0 Å². The van der Waals surface area contributed by atoms with Gasteiger partial charge in [-0.1, -0.05) is 71.8 Å². The fourth-order valence-electron chi connectivity index (χ4n) is 7.64. The Morgan fingerprint density at radius 2 is 1.91 bits per heavy atom. The minimum atomic E-state index is -1.25. The fraction of sp³-hybridized carbons (Fsp3) is 0.611. The molecule has 3 aliphatic rings. The van der Waals surface area contributed by atoms with E-state index in [0.717, 1.165) is 12.8 Å². The quantitative estimate of drug-likeness (QED) is 0.144. The number of carbonyl (C=O) groups excluding carboxylic acids is 4. The van der Waals surface area contributed by atoms with E-state index in [1.807, 2.05) is 44.2 Å². The minimum absolute atomic E-state index is 0.103. The van der Waals surface area contributed by atoms with Gasteiger partial charge in [-0.3, -0.25) is 19.2 Å². The van der Waals surface area contributed by atoms with E-state index in [1.54, 1.807) is 29.0 Å². The van der Waals surface area contributed by atoms with Crippen molar-refractivity contribution in [3.05, 3.63) is 61.2 Å². The molecule has 4 rings (SSSR count). The van der Waals surface area contributed by atoms with Crippen LogP contribution in [0, 0.1) is 11.8 Å². The third-order valence-electron chi connectivity index (χ3n) is 10.1. The van der Waals surface area contributed by atoms with Gasteiger partial charge in [0.05, 0.1) is 24.0 Å². The average molecular weight is 717 g/mol. The second kappa shape index (κ2) is 15.9. The van der Waals surface area contributed by atoms with Crippen molar-refractivity contribution in [2.45, 2.75) is 100 Å². The molecule has 1 aromatic rings. The van der Waals surface area contributed by atoms with Crippen LogP contribution in [0.2, 0.25) is 0 Å². The number of esters is 1. The fourth-order valence-corrected chi connectivity index (χ4v) is 8.58. The summed E-state index contributed by atoms with van der Waals surface area (Å²) >= 11 is 3.73. The number of fused-ring (bicyclic) bond motifs is 1. The molecule has 3 amide bonds. The molecule has 3 saturated heterocycles. The van der Waals surface area contributed by atoms with Crippen molar-refractivity contribution >= 4 is 39.6 Å². The third-order valence-corrected chi connectivity index (χ3v) is 10.9. The highest BCUT2D eigenvalue weighted by molar-refractivity contribution is 9.09. The van der Waals surface area contributed by atoms with Crippen molar-refractivity contribution in [2.24, 2.45) is 11.8 Å². The van der Waals surface area contributed by atoms with Crippen LogP contribution in [0.25, 0.3) is 0 Å². The lowest BCUT2D eigenvalue weighted by molar-refractivity contribution is -0.164. The predicted octanol–water partition coefficient (Wildman–Crippen LogP) is 4.42. The second-order valence-corrected chi connectivity index (χ2v) is 14.2. The Kier molecular flexibility index (Phi) is 12.5. The number of halogens is 1. The first-order chi connectivity index (χ1) is 22.5. The normalized spacial score (nSPS) is 27.9. The first-order valence-corrected chi connectivity index (χ1v) is 17.7. The van der Waals surface area contributed by atoms with Crippen LogP contribution in [0.5, 0.6) is 0 Å². The van der Waals surface area contributed by atoms with Crippen LogP contribution < -0.4 is 0 Å². The molecule has 0 aliphatic carbocycles. The molecule has 0 aromatic heterocycles. The van der Waals surface area contributed by atoms with E-state index in [-0.39, 0.29) is 54.6 Å². The van der Waals surface area contributed by atoms with Crippen LogP contribution in [-0.2, 0) is 28.7 Å². The predicted molar refractivity (Wildman–Crippen MR) is 182 cm³/mol. The van der Waals surface area contributed by atoms with Crippen molar-refractivity contribution < 1.29 is 33.8 Å². The summed E-state index contributed by atoms with van der Waals surface area (Å²) in [6.45, 7) is 13.7. The SMILES string of the molecule is C=CCCC(=O)N(C)[C@@H](C)[C@@H](OC(=O)[C@@H]1[C@H]2O[C@@]3(CC2Br)[C@H](C(=O)N(CC=C)C(C)CCC)N(CCCO)C(=O)[C@@H]13)c1ccccc1. The Labute approximate surface area is 287 Å². The minimum Gasteiger partial charge on any atom is -0.455 e. The maximum atomic E-state index is 14.5. The largest absolute Gasteiger partial charge is 0.455 e. The molecular formula is C36H50BrN3O7. The maximum absolute atomic E-state index is 14.5. The summed E-state index contributed by atoms with van der Waals surface area (Å²) in [5, 5.41) is 9.70. The van der Waals surface area contributed by atoms with Crippen LogP contribution in [-0.4, -0.2) is 105 Å². The molecule has 11 heteroatoms. The zero-order valence-electron chi connectivity index (χ0n) is 28.1. The molecule has 3 fully saturated rings. The molecule has 3 heterocycles. The van der Waals surface area contributed by atoms with E-state index in [2.05, 4.69) is 36.0 Å². The van der Waals surface area contributed by atoms with E-state index < -0.39 is 47.7 Å². The summed E-state index contributed by atoms with van der Waals surface area (Å²) in [5.74, 6) is -3.22. The lowest BCUT2D eigenvalue weighted by Gasteiger charge is -2.39. The number of benzene rings is 1. The van der Waals surface area contributed by atoms with Crippen molar-refractivity contribution in [1.82, 2.24) is 14.7 Å². The van der Waals surface area contributed by atoms with E-state index in [1.165, 1.54) is 4.90 Å². The average Bonchev–Trinajstić information content (AvgIpc) is 3.66. The third kappa shape index (κ3) is 7.08. The number of ether oxygens (including phenoxy) is 2. The van der Waals surface area contributed by atoms with Gasteiger partial charge in [0.2, 0.25) is 17.7 Å². The van der Waals surface area contributed by atoms with E-state index in [9.17, 15) is 24.3 Å². The number of hydrogen-bond acceptors (Lipinski definition) is 7. The number of likely N-dealkylation sites (N-methyl/N-ethyl adjacent to an activating group) is 1. The van der Waals surface area contributed by atoms with Gasteiger partial charge in [-0.15, -0.1) is 13.2 Å². The van der Waals surface area contributed by atoms with E-state index >= 15 is 0 Å². The summed E-state index contributed by atoms with van der Waals surface area (Å²) in [4.78, 5) is 60.8. The van der Waals surface area contributed by atoms with E-state index in [4.69, 9.17) is 9.47 Å². The number of aliphatic hydroxyl groups is 1. The van der Waals surface area contributed by atoms with Crippen LogP contribution in [0.15, 0.2) is 55.6 Å². The maximum Gasteiger partial charge on any atom is 0.313 e. The Balaban J connectivity index is 1.71. The lowest BCUT2D eigenvalue weighted by atomic mass is 9.70. The molecule has 1 spiro atoms. The first-order valence-electron chi connectivity index (χ1n) is 16.8. The summed E-state index contributed by atoms with van der Waals surface area (Å²) in [5.41, 5.74) is -0.533. The number of allylic oxidation sites excluding steroid dienone is 1. The van der Waals surface area contributed by atoms with Crippen molar-refractivity contribution in [1.29, 1.82) is 0 Å². The van der Waals surface area contributed by atoms with Crippen molar-refractivity contribution in [2.75, 3.05) is 26.7 Å². The lowest BCUT2D eigenvalue weighted by Crippen LogP contribution is -2.58. The number of hydrogen-bond donors (Lipinski definition) is 1. The first kappa shape index (κ1) is 36.8. The van der Waals surface area contributed by atoms with Gasteiger partial charge in [-0.25, -0.2) is 0 Å². The Bertz CT molecular complexity index is 1310. The summed E-state index contributed by atoms with van der Waals surface area (Å²) in [6, 6.07) is 7.66. The second-order valence-electron chi connectivity index (χ2n) is 13.0. The smallest absolute Gasteiger partial charge is 0.313 e. The number of nitrogens with zero attached hydrogens (tertiary/aromatic N) is 3. The summed E-state index contributed by atoms with van der Waals surface area (Å²) < 4.78 is 13.0. The summed E-state index contributed by atoms with van der Waals surface area (Å²) in [7, 11) is 1.69. The highest BCUT2D eigenvalue weighted by atomic mass is 79.9. The zero-order valence-corrected chi connectivity index (χ0v) is 29.6. The van der Waals surface area contributed by atoms with Crippen LogP contribution in [0.3, 0.4) is 0 Å². The molecule has 2 bridgehead atoms. The van der Waals surface area contributed by atoms with Gasteiger partial charge in [0.25, 0.3) is 0 Å². The molecule has 9 atom stereocenters. The van der Waals surface area contributed by atoms with Gasteiger partial charge in [0, 0.05) is 44.0 Å². The summed E-state index contributed by atoms with van der Waals surface area (Å²) in [6.07, 6.45) is 4.96. The highest BCUT2D eigenvalue weighted by Gasteiger charge is 2.77. The van der Waals surface area contributed by atoms with Gasteiger partial charge in [-0.05, 0) is 45.1 Å². The number of amides is 3. The van der Waals surface area contributed by atoms with Gasteiger partial charge < -0.3 is 29.3 Å². The molecule has 10 nitrogen and oxygen atoms in total. The van der Waals surface area contributed by atoms with Crippen LogP contribution in [0.4, 0.5) is 0 Å².